The fourth-order valence-corrected chi connectivity index (χ4v) is 3.23. The van der Waals surface area contributed by atoms with Gasteiger partial charge in [-0.3, -0.25) is 14.3 Å². The number of aromatic nitrogens is 3. The van der Waals surface area contributed by atoms with Crippen LogP contribution in [0.5, 0.6) is 0 Å². The second-order valence-corrected chi connectivity index (χ2v) is 6.39. The summed E-state index contributed by atoms with van der Waals surface area (Å²) in [4.78, 5) is 30.8. The molecule has 0 unspecified atom stereocenters. The average Bonchev–Trinajstić information content (AvgIpc) is 2.93. The van der Waals surface area contributed by atoms with Crippen LogP contribution in [0.25, 0.3) is 22.3 Å². The van der Waals surface area contributed by atoms with E-state index in [-0.39, 0.29) is 23.5 Å². The van der Waals surface area contributed by atoms with E-state index < -0.39 is 0 Å². The number of aromatic amines is 1. The van der Waals surface area contributed by atoms with Crippen LogP contribution in [0.2, 0.25) is 5.02 Å². The van der Waals surface area contributed by atoms with Crippen LogP contribution in [0.1, 0.15) is 26.3 Å². The minimum Gasteiger partial charge on any atom is -0.354 e. The van der Waals surface area contributed by atoms with Crippen LogP contribution in [-0.2, 0) is 4.79 Å². The van der Waals surface area contributed by atoms with Crippen LogP contribution >= 0.6 is 11.6 Å². The molecule has 0 saturated heterocycles. The fraction of sp³-hybridized carbons (Fsp3) is 0.278. The van der Waals surface area contributed by atoms with Crippen molar-refractivity contribution in [1.29, 1.82) is 0 Å². The molecule has 8 heteroatoms. The Kier molecular flexibility index (Phi) is 5.08. The van der Waals surface area contributed by atoms with Crippen LogP contribution in [0, 0.1) is 5.82 Å². The molecular weight excluding hydrogens is 359 g/mol. The standard InChI is InChI=1S/C18H18ClFN4O2/c1-3-13(8-21-10(2)25)24-16-15(11-4-6-12(20)7-5-11)14(19)9-22-17(16)23-18(24)26/h4-7,9,13H,3,8H2,1-2H3,(H,21,25)(H,22,23,26)/t13-/m1/s1. The molecule has 2 N–H and O–H groups in total. The Balaban J connectivity index is 2.25. The largest absolute Gasteiger partial charge is 0.354 e. The van der Waals surface area contributed by atoms with Crippen molar-refractivity contribution in [2.45, 2.75) is 26.3 Å². The van der Waals surface area contributed by atoms with E-state index in [4.69, 9.17) is 11.6 Å². The first-order valence-electron chi connectivity index (χ1n) is 8.21. The molecule has 1 atom stereocenters. The lowest BCUT2D eigenvalue weighted by atomic mass is 10.0. The van der Waals surface area contributed by atoms with E-state index in [0.717, 1.165) is 0 Å². The molecule has 0 radical (unpaired) electrons. The average molecular weight is 377 g/mol. The summed E-state index contributed by atoms with van der Waals surface area (Å²) < 4.78 is 14.9. The topological polar surface area (TPSA) is 79.8 Å². The van der Waals surface area contributed by atoms with Crippen LogP contribution in [0.15, 0.2) is 35.3 Å². The Bertz CT molecular complexity index is 1010. The molecule has 26 heavy (non-hydrogen) atoms. The van der Waals surface area contributed by atoms with Crippen LogP contribution < -0.4 is 11.0 Å². The quantitative estimate of drug-likeness (QED) is 0.717. The Morgan fingerprint density at radius 1 is 1.38 bits per heavy atom. The number of hydrogen-bond donors (Lipinski definition) is 2. The molecular formula is C18H18ClFN4O2. The molecule has 0 spiro atoms. The molecule has 0 saturated carbocycles. The summed E-state index contributed by atoms with van der Waals surface area (Å²) in [6.45, 7) is 3.65. The molecule has 0 aliphatic heterocycles. The number of H-pyrrole nitrogens is 1. The number of carbonyl (C=O) groups is 1. The number of hydrogen-bond acceptors (Lipinski definition) is 3. The first-order chi connectivity index (χ1) is 12.4. The number of nitrogens with one attached hydrogen (secondary N) is 2. The predicted octanol–water partition coefficient (Wildman–Crippen LogP) is 3.27. The third-order valence-electron chi connectivity index (χ3n) is 4.25. The number of halogens is 2. The van der Waals surface area contributed by atoms with E-state index in [1.54, 1.807) is 16.7 Å². The highest BCUT2D eigenvalue weighted by atomic mass is 35.5. The SMILES string of the molecule is CC[C@H](CNC(C)=O)n1c(=O)[nH]c2ncc(Cl)c(-c3ccc(F)cc3)c21. The Morgan fingerprint density at radius 3 is 2.69 bits per heavy atom. The van der Waals surface area contributed by atoms with Gasteiger partial charge in [-0.1, -0.05) is 30.7 Å². The van der Waals surface area contributed by atoms with Gasteiger partial charge in [0, 0.05) is 25.2 Å². The number of benzene rings is 1. The molecule has 2 heterocycles. The van der Waals surface area contributed by atoms with Crippen molar-refractivity contribution >= 4 is 28.7 Å². The molecule has 1 aromatic carbocycles. The van der Waals surface area contributed by atoms with Crippen LogP contribution in [0.4, 0.5) is 4.39 Å². The van der Waals surface area contributed by atoms with Crippen molar-refractivity contribution in [2.75, 3.05) is 6.54 Å². The van der Waals surface area contributed by atoms with Crippen LogP contribution in [-0.4, -0.2) is 27.0 Å². The van der Waals surface area contributed by atoms with Gasteiger partial charge in [0.1, 0.15) is 5.82 Å². The van der Waals surface area contributed by atoms with E-state index >= 15 is 0 Å². The zero-order chi connectivity index (χ0) is 18.8. The number of imidazole rings is 1. The number of pyridine rings is 1. The fourth-order valence-electron chi connectivity index (χ4n) is 2.99. The monoisotopic (exact) mass is 376 g/mol. The van der Waals surface area contributed by atoms with E-state index in [0.29, 0.717) is 40.3 Å². The summed E-state index contributed by atoms with van der Waals surface area (Å²) in [6, 6.07) is 5.60. The lowest BCUT2D eigenvalue weighted by Gasteiger charge is -2.19. The molecule has 0 fully saturated rings. The summed E-state index contributed by atoms with van der Waals surface area (Å²) in [5, 5.41) is 3.10. The van der Waals surface area contributed by atoms with Gasteiger partial charge in [0.25, 0.3) is 0 Å². The van der Waals surface area contributed by atoms with E-state index in [9.17, 15) is 14.0 Å². The van der Waals surface area contributed by atoms with E-state index in [2.05, 4.69) is 15.3 Å². The van der Waals surface area contributed by atoms with Gasteiger partial charge in [-0.05, 0) is 24.1 Å². The summed E-state index contributed by atoms with van der Waals surface area (Å²) in [7, 11) is 0. The predicted molar refractivity (Wildman–Crippen MR) is 98.8 cm³/mol. The van der Waals surface area contributed by atoms with Gasteiger partial charge in [0.2, 0.25) is 5.91 Å². The maximum absolute atomic E-state index is 13.3. The number of nitrogens with zero attached hydrogens (tertiary/aromatic N) is 2. The molecule has 0 bridgehead atoms. The summed E-state index contributed by atoms with van der Waals surface area (Å²) in [5.74, 6) is -0.537. The zero-order valence-electron chi connectivity index (χ0n) is 14.3. The molecule has 3 aromatic rings. The molecule has 2 aromatic heterocycles. The van der Waals surface area contributed by atoms with E-state index in [1.807, 2.05) is 6.92 Å². The minimum absolute atomic E-state index is 0.175. The molecule has 1 amide bonds. The summed E-state index contributed by atoms with van der Waals surface area (Å²) in [6.07, 6.45) is 2.07. The molecule has 0 aliphatic rings. The van der Waals surface area contributed by atoms with Gasteiger partial charge in [0.15, 0.2) is 5.65 Å². The van der Waals surface area contributed by atoms with Gasteiger partial charge in [-0.15, -0.1) is 0 Å². The third kappa shape index (κ3) is 3.35. The highest BCUT2D eigenvalue weighted by molar-refractivity contribution is 6.34. The van der Waals surface area contributed by atoms with Gasteiger partial charge < -0.3 is 5.32 Å². The molecule has 3 rings (SSSR count). The van der Waals surface area contributed by atoms with Crippen molar-refractivity contribution in [3.05, 3.63) is 51.8 Å². The molecule has 0 aliphatic carbocycles. The zero-order valence-corrected chi connectivity index (χ0v) is 15.1. The second-order valence-electron chi connectivity index (χ2n) is 5.98. The first kappa shape index (κ1) is 18.1. The smallest absolute Gasteiger partial charge is 0.328 e. The normalized spacial score (nSPS) is 12.3. The third-order valence-corrected chi connectivity index (χ3v) is 4.53. The number of fused-ring (bicyclic) bond motifs is 1. The summed E-state index contributed by atoms with van der Waals surface area (Å²) in [5.41, 5.74) is 1.85. The van der Waals surface area contributed by atoms with Gasteiger partial charge in [-0.25, -0.2) is 14.2 Å². The Morgan fingerprint density at radius 2 is 2.08 bits per heavy atom. The van der Waals surface area contributed by atoms with Crippen molar-refractivity contribution in [3.8, 4) is 11.1 Å². The van der Waals surface area contributed by atoms with Gasteiger partial charge in [-0.2, -0.15) is 0 Å². The lowest BCUT2D eigenvalue weighted by Crippen LogP contribution is -2.32. The van der Waals surface area contributed by atoms with Crippen molar-refractivity contribution < 1.29 is 9.18 Å². The first-order valence-corrected chi connectivity index (χ1v) is 8.59. The lowest BCUT2D eigenvalue weighted by molar-refractivity contribution is -0.119. The highest BCUT2D eigenvalue weighted by Crippen LogP contribution is 2.34. The maximum atomic E-state index is 13.3. The minimum atomic E-state index is -0.362. The Hall–Kier alpha value is -2.67. The summed E-state index contributed by atoms with van der Waals surface area (Å²) >= 11 is 6.38. The van der Waals surface area contributed by atoms with Crippen LogP contribution in [0.3, 0.4) is 0 Å². The Labute approximate surface area is 154 Å². The van der Waals surface area contributed by atoms with Crippen molar-refractivity contribution in [2.24, 2.45) is 0 Å². The maximum Gasteiger partial charge on any atom is 0.328 e. The molecule has 6 nitrogen and oxygen atoms in total. The number of amides is 1. The van der Waals surface area contributed by atoms with Crippen molar-refractivity contribution in [3.63, 3.8) is 0 Å². The van der Waals surface area contributed by atoms with E-state index in [1.165, 1.54) is 25.3 Å². The molecule has 136 valence electrons. The highest BCUT2D eigenvalue weighted by Gasteiger charge is 2.21. The second kappa shape index (κ2) is 7.29. The van der Waals surface area contributed by atoms with Crippen molar-refractivity contribution in [1.82, 2.24) is 19.9 Å². The van der Waals surface area contributed by atoms with Gasteiger partial charge >= 0.3 is 5.69 Å². The number of carbonyl (C=O) groups excluding carboxylic acids is 1. The number of rotatable bonds is 5. The van der Waals surface area contributed by atoms with Gasteiger partial charge in [0.05, 0.1) is 16.6 Å².